The van der Waals surface area contributed by atoms with Crippen molar-refractivity contribution in [2.75, 3.05) is 25.1 Å². The Hall–Kier alpha value is -2.40. The van der Waals surface area contributed by atoms with Crippen LogP contribution in [0.2, 0.25) is 0 Å². The predicted molar refractivity (Wildman–Crippen MR) is 87.4 cm³/mol. The highest BCUT2D eigenvalue weighted by Crippen LogP contribution is 2.23. The summed E-state index contributed by atoms with van der Waals surface area (Å²) >= 11 is 0. The molecule has 1 amide bonds. The number of hydrogen-bond acceptors (Lipinski definition) is 4. The van der Waals surface area contributed by atoms with Crippen molar-refractivity contribution in [1.82, 2.24) is 0 Å². The second kappa shape index (κ2) is 7.04. The molecule has 116 valence electrons. The van der Waals surface area contributed by atoms with E-state index in [1.165, 1.54) is 4.90 Å². The first-order valence-electron chi connectivity index (χ1n) is 7.18. The van der Waals surface area contributed by atoms with Crippen molar-refractivity contribution in [3.8, 4) is 0 Å². The zero-order valence-corrected chi connectivity index (χ0v) is 12.8. The van der Waals surface area contributed by atoms with Crippen molar-refractivity contribution in [1.29, 1.82) is 0 Å². The minimum Gasteiger partial charge on any atom is -0.449 e. The van der Waals surface area contributed by atoms with Gasteiger partial charge in [-0.05, 0) is 48.9 Å². The number of carbonyl (C=O) groups is 2. The number of Topliss-reactive ketones (excluding diaryl/α,β-unsaturated/α-hetero) is 1. The normalized spacial score (nSPS) is 10.5. The third-order valence-corrected chi connectivity index (χ3v) is 3.47. The maximum absolute atomic E-state index is 11.9. The lowest BCUT2D eigenvalue weighted by atomic mass is 10.0. The molecule has 0 aromatic heterocycles. The van der Waals surface area contributed by atoms with Crippen molar-refractivity contribution >= 4 is 28.3 Å². The number of ketones is 1. The van der Waals surface area contributed by atoms with E-state index in [1.54, 1.807) is 20.0 Å². The van der Waals surface area contributed by atoms with Crippen molar-refractivity contribution in [2.45, 2.75) is 13.3 Å². The molecule has 2 aromatic carbocycles. The second-order valence-corrected chi connectivity index (χ2v) is 5.12. The highest BCUT2D eigenvalue weighted by atomic mass is 16.6. The van der Waals surface area contributed by atoms with Gasteiger partial charge in [-0.3, -0.25) is 9.69 Å². The average molecular weight is 300 g/mol. The lowest BCUT2D eigenvalue weighted by Gasteiger charge is -2.17. The number of ether oxygens (including phenoxy) is 1. The molecule has 0 aliphatic heterocycles. The number of carbonyl (C=O) groups excluding carboxylic acids is 2. The Morgan fingerprint density at radius 2 is 1.82 bits per heavy atom. The Balaban J connectivity index is 2.20. The zero-order chi connectivity index (χ0) is 16.1. The Bertz CT molecular complexity index is 697. The molecule has 0 aliphatic carbocycles. The van der Waals surface area contributed by atoms with Gasteiger partial charge in [0, 0.05) is 18.3 Å². The first-order chi connectivity index (χ1) is 10.5. The molecule has 0 unspecified atom stereocenters. The largest absolute Gasteiger partial charge is 0.449 e. The summed E-state index contributed by atoms with van der Waals surface area (Å²) in [6.45, 7) is 2.35. The molecule has 2 rings (SSSR count). The number of rotatable bonds is 5. The van der Waals surface area contributed by atoms with Crippen molar-refractivity contribution < 1.29 is 14.3 Å². The molecule has 0 heterocycles. The number of hydrogen-bond donors (Lipinski definition) is 1. The lowest BCUT2D eigenvalue weighted by molar-refractivity contribution is 0.101. The van der Waals surface area contributed by atoms with Crippen LogP contribution in [-0.4, -0.2) is 32.1 Å². The molecule has 0 bridgehead atoms. The van der Waals surface area contributed by atoms with Crippen LogP contribution in [-0.2, 0) is 4.74 Å². The number of nitrogens with two attached hydrogens (primary N) is 1. The van der Waals surface area contributed by atoms with E-state index in [-0.39, 0.29) is 5.78 Å². The lowest BCUT2D eigenvalue weighted by Crippen LogP contribution is -2.27. The molecule has 0 radical (unpaired) electrons. The van der Waals surface area contributed by atoms with E-state index in [0.717, 1.165) is 16.5 Å². The first-order valence-corrected chi connectivity index (χ1v) is 7.18. The van der Waals surface area contributed by atoms with Crippen LogP contribution in [0, 0.1) is 0 Å². The van der Waals surface area contributed by atoms with Crippen LogP contribution >= 0.6 is 0 Å². The monoisotopic (exact) mass is 300 g/mol. The summed E-state index contributed by atoms with van der Waals surface area (Å²) in [5, 5.41) is 1.92. The van der Waals surface area contributed by atoms with Gasteiger partial charge in [0.15, 0.2) is 5.78 Å². The summed E-state index contributed by atoms with van der Waals surface area (Å²) in [4.78, 5) is 24.8. The van der Waals surface area contributed by atoms with E-state index in [1.807, 2.05) is 30.3 Å². The van der Waals surface area contributed by atoms with Crippen LogP contribution in [0.15, 0.2) is 36.4 Å². The van der Waals surface area contributed by atoms with Gasteiger partial charge in [-0.2, -0.15) is 0 Å². The van der Waals surface area contributed by atoms with Crippen LogP contribution < -0.4 is 10.6 Å². The van der Waals surface area contributed by atoms with E-state index in [2.05, 4.69) is 0 Å². The first kappa shape index (κ1) is 16.0. The van der Waals surface area contributed by atoms with E-state index in [4.69, 9.17) is 10.5 Å². The van der Waals surface area contributed by atoms with Gasteiger partial charge in [-0.1, -0.05) is 18.2 Å². The van der Waals surface area contributed by atoms with E-state index >= 15 is 0 Å². The summed E-state index contributed by atoms with van der Waals surface area (Å²) in [5.74, 6) is 0.0339. The Morgan fingerprint density at radius 1 is 1.14 bits per heavy atom. The van der Waals surface area contributed by atoms with Crippen molar-refractivity contribution in [2.24, 2.45) is 5.73 Å². The standard InChI is InChI=1S/C17H20N2O3/c1-12(20)13-4-5-15-11-16(7-6-14(15)10-13)19(2)17(21)22-9-3-8-18/h4-7,10-11H,3,8-9,18H2,1-2H3. The maximum atomic E-state index is 11.9. The molecule has 5 heteroatoms. The van der Waals surface area contributed by atoms with Gasteiger partial charge in [0.25, 0.3) is 0 Å². The predicted octanol–water partition coefficient (Wildman–Crippen LogP) is 2.96. The number of benzene rings is 2. The SMILES string of the molecule is CC(=O)c1ccc2cc(N(C)C(=O)OCCCN)ccc2c1. The molecule has 5 nitrogen and oxygen atoms in total. The summed E-state index contributed by atoms with van der Waals surface area (Å²) < 4.78 is 5.12. The summed E-state index contributed by atoms with van der Waals surface area (Å²) in [5.41, 5.74) is 6.78. The summed E-state index contributed by atoms with van der Waals surface area (Å²) in [6, 6.07) is 11.1. The van der Waals surface area contributed by atoms with Crippen LogP contribution in [0.25, 0.3) is 10.8 Å². The molecule has 0 saturated carbocycles. The fourth-order valence-electron chi connectivity index (χ4n) is 2.11. The van der Waals surface area contributed by atoms with E-state index in [9.17, 15) is 9.59 Å². The zero-order valence-electron chi connectivity index (χ0n) is 12.8. The number of fused-ring (bicyclic) bond motifs is 1. The maximum Gasteiger partial charge on any atom is 0.414 e. The Kier molecular flexibility index (Phi) is 5.12. The Morgan fingerprint density at radius 3 is 2.50 bits per heavy atom. The van der Waals surface area contributed by atoms with Crippen LogP contribution in [0.5, 0.6) is 0 Å². The van der Waals surface area contributed by atoms with Gasteiger partial charge in [0.1, 0.15) is 0 Å². The van der Waals surface area contributed by atoms with Gasteiger partial charge in [0.05, 0.1) is 6.61 Å². The molecule has 0 fully saturated rings. The van der Waals surface area contributed by atoms with Crippen molar-refractivity contribution in [3.05, 3.63) is 42.0 Å². The second-order valence-electron chi connectivity index (χ2n) is 5.12. The topological polar surface area (TPSA) is 72.6 Å². The van der Waals surface area contributed by atoms with Crippen LogP contribution in [0.4, 0.5) is 10.5 Å². The molecular weight excluding hydrogens is 280 g/mol. The summed E-state index contributed by atoms with van der Waals surface area (Å²) in [6.07, 6.45) is 0.235. The van der Waals surface area contributed by atoms with Gasteiger partial charge in [0.2, 0.25) is 0 Å². The van der Waals surface area contributed by atoms with Crippen LogP contribution in [0.3, 0.4) is 0 Å². The minimum atomic E-state index is -0.409. The fraction of sp³-hybridized carbons (Fsp3) is 0.294. The summed E-state index contributed by atoms with van der Waals surface area (Å²) in [7, 11) is 1.66. The number of amides is 1. The quantitative estimate of drug-likeness (QED) is 0.680. The molecule has 2 aromatic rings. The highest BCUT2D eigenvalue weighted by molar-refractivity contribution is 5.99. The molecule has 0 atom stereocenters. The van der Waals surface area contributed by atoms with Crippen LogP contribution in [0.1, 0.15) is 23.7 Å². The van der Waals surface area contributed by atoms with Gasteiger partial charge >= 0.3 is 6.09 Å². The van der Waals surface area contributed by atoms with Gasteiger partial charge in [-0.25, -0.2) is 4.79 Å². The third-order valence-electron chi connectivity index (χ3n) is 3.47. The van der Waals surface area contributed by atoms with Crippen molar-refractivity contribution in [3.63, 3.8) is 0 Å². The molecule has 22 heavy (non-hydrogen) atoms. The van der Waals surface area contributed by atoms with E-state index < -0.39 is 6.09 Å². The third kappa shape index (κ3) is 3.62. The molecular formula is C17H20N2O3. The number of nitrogens with zero attached hydrogens (tertiary/aromatic N) is 1. The van der Waals surface area contributed by atoms with E-state index in [0.29, 0.717) is 25.1 Å². The highest BCUT2D eigenvalue weighted by Gasteiger charge is 2.12. The molecule has 0 spiro atoms. The molecule has 2 N–H and O–H groups in total. The average Bonchev–Trinajstić information content (AvgIpc) is 2.53. The Labute approximate surface area is 129 Å². The smallest absolute Gasteiger partial charge is 0.414 e. The number of anilines is 1. The molecule has 0 saturated heterocycles. The minimum absolute atomic E-state index is 0.0339. The van der Waals surface area contributed by atoms with Gasteiger partial charge in [-0.15, -0.1) is 0 Å². The fourth-order valence-corrected chi connectivity index (χ4v) is 2.11. The van der Waals surface area contributed by atoms with Gasteiger partial charge < -0.3 is 10.5 Å². The molecule has 0 aliphatic rings.